The molecular weight excluding hydrogens is 304 g/mol. The van der Waals surface area contributed by atoms with Crippen molar-refractivity contribution in [2.45, 2.75) is 31.0 Å². The molecular formula is C16H21BrO2. The largest absolute Gasteiger partial charge is 0.497 e. The SMILES string of the molecule is COc1ccc(CBr)c(OCC2CC3CCC2C3)c1. The minimum absolute atomic E-state index is 0.771. The van der Waals surface area contributed by atoms with Crippen molar-refractivity contribution in [3.63, 3.8) is 0 Å². The van der Waals surface area contributed by atoms with E-state index in [0.717, 1.165) is 41.2 Å². The van der Waals surface area contributed by atoms with Crippen LogP contribution >= 0.6 is 15.9 Å². The first-order chi connectivity index (χ1) is 9.30. The van der Waals surface area contributed by atoms with Crippen LogP contribution in [0.25, 0.3) is 0 Å². The monoisotopic (exact) mass is 324 g/mol. The van der Waals surface area contributed by atoms with Crippen LogP contribution in [0.3, 0.4) is 0 Å². The summed E-state index contributed by atoms with van der Waals surface area (Å²) in [5, 5.41) is 0.822. The van der Waals surface area contributed by atoms with Crippen LogP contribution in [-0.4, -0.2) is 13.7 Å². The molecule has 0 aromatic heterocycles. The number of halogens is 1. The van der Waals surface area contributed by atoms with Crippen molar-refractivity contribution in [1.29, 1.82) is 0 Å². The lowest BCUT2D eigenvalue weighted by molar-refractivity contribution is 0.194. The van der Waals surface area contributed by atoms with Gasteiger partial charge in [0.1, 0.15) is 11.5 Å². The van der Waals surface area contributed by atoms with Crippen molar-refractivity contribution in [3.05, 3.63) is 23.8 Å². The summed E-state index contributed by atoms with van der Waals surface area (Å²) in [5.41, 5.74) is 1.20. The van der Waals surface area contributed by atoms with E-state index in [-0.39, 0.29) is 0 Å². The first-order valence-corrected chi connectivity index (χ1v) is 8.28. The minimum Gasteiger partial charge on any atom is -0.497 e. The Balaban J connectivity index is 1.65. The van der Waals surface area contributed by atoms with Gasteiger partial charge < -0.3 is 9.47 Å². The molecule has 2 saturated carbocycles. The van der Waals surface area contributed by atoms with Crippen LogP contribution in [0.2, 0.25) is 0 Å². The zero-order valence-electron chi connectivity index (χ0n) is 11.4. The second-order valence-corrected chi connectivity index (χ2v) is 6.41. The third-order valence-corrected chi connectivity index (χ3v) is 5.36. The maximum absolute atomic E-state index is 6.10. The molecule has 0 radical (unpaired) electrons. The fraction of sp³-hybridized carbons (Fsp3) is 0.625. The van der Waals surface area contributed by atoms with Gasteiger partial charge in [-0.2, -0.15) is 0 Å². The Bertz CT molecular complexity index is 446. The van der Waals surface area contributed by atoms with Gasteiger partial charge in [0.25, 0.3) is 0 Å². The second kappa shape index (κ2) is 5.74. The van der Waals surface area contributed by atoms with Crippen molar-refractivity contribution in [2.75, 3.05) is 13.7 Å². The van der Waals surface area contributed by atoms with Gasteiger partial charge in [0, 0.05) is 17.0 Å². The zero-order chi connectivity index (χ0) is 13.2. The molecule has 2 bridgehead atoms. The summed E-state index contributed by atoms with van der Waals surface area (Å²) < 4.78 is 11.4. The van der Waals surface area contributed by atoms with Gasteiger partial charge in [-0.05, 0) is 43.1 Å². The summed E-state index contributed by atoms with van der Waals surface area (Å²) in [6.07, 6.45) is 5.69. The lowest BCUT2D eigenvalue weighted by Gasteiger charge is -2.22. The van der Waals surface area contributed by atoms with Crippen LogP contribution in [0.4, 0.5) is 0 Å². The maximum atomic E-state index is 6.10. The molecule has 19 heavy (non-hydrogen) atoms. The number of hydrogen-bond donors (Lipinski definition) is 0. The molecule has 2 nitrogen and oxygen atoms in total. The van der Waals surface area contributed by atoms with E-state index in [1.54, 1.807) is 7.11 Å². The van der Waals surface area contributed by atoms with E-state index in [1.807, 2.05) is 12.1 Å². The van der Waals surface area contributed by atoms with E-state index in [2.05, 4.69) is 22.0 Å². The number of rotatable bonds is 5. The molecule has 3 heteroatoms. The van der Waals surface area contributed by atoms with Gasteiger partial charge in [0.2, 0.25) is 0 Å². The first-order valence-electron chi connectivity index (χ1n) is 7.16. The molecule has 0 aliphatic heterocycles. The predicted octanol–water partition coefficient (Wildman–Crippen LogP) is 4.41. The average Bonchev–Trinajstić information content (AvgIpc) is 3.07. The summed E-state index contributed by atoms with van der Waals surface area (Å²) in [4.78, 5) is 0. The van der Waals surface area contributed by atoms with Crippen molar-refractivity contribution in [1.82, 2.24) is 0 Å². The van der Waals surface area contributed by atoms with Crippen LogP contribution < -0.4 is 9.47 Å². The van der Waals surface area contributed by atoms with Gasteiger partial charge in [-0.3, -0.25) is 0 Å². The Kier molecular flexibility index (Phi) is 4.01. The third kappa shape index (κ3) is 2.76. The standard InChI is InChI=1S/C16H21BrO2/c1-18-15-5-4-13(9-17)16(8-15)19-10-14-7-11-2-3-12(14)6-11/h4-5,8,11-12,14H,2-3,6-7,9-10H2,1H3. The van der Waals surface area contributed by atoms with Crippen molar-refractivity contribution in [3.8, 4) is 11.5 Å². The molecule has 0 N–H and O–H groups in total. The van der Waals surface area contributed by atoms with Crippen molar-refractivity contribution in [2.24, 2.45) is 17.8 Å². The lowest BCUT2D eigenvalue weighted by Crippen LogP contribution is -2.18. The van der Waals surface area contributed by atoms with Gasteiger partial charge in [-0.1, -0.05) is 28.4 Å². The van der Waals surface area contributed by atoms with Crippen LogP contribution in [0.15, 0.2) is 18.2 Å². The minimum atomic E-state index is 0.771. The molecule has 1 aromatic rings. The Labute approximate surface area is 123 Å². The van der Waals surface area contributed by atoms with Crippen LogP contribution in [-0.2, 0) is 5.33 Å². The Morgan fingerprint density at radius 2 is 2.16 bits per heavy atom. The predicted molar refractivity (Wildman–Crippen MR) is 80.1 cm³/mol. The zero-order valence-corrected chi connectivity index (χ0v) is 13.0. The molecule has 2 aliphatic rings. The van der Waals surface area contributed by atoms with E-state index in [1.165, 1.54) is 31.2 Å². The molecule has 1 aromatic carbocycles. The fourth-order valence-corrected chi connectivity index (χ4v) is 4.15. The number of ether oxygens (including phenoxy) is 2. The molecule has 3 rings (SSSR count). The van der Waals surface area contributed by atoms with E-state index in [4.69, 9.17) is 9.47 Å². The highest BCUT2D eigenvalue weighted by molar-refractivity contribution is 9.08. The molecule has 2 fully saturated rings. The number of fused-ring (bicyclic) bond motifs is 2. The third-order valence-electron chi connectivity index (χ3n) is 4.76. The highest BCUT2D eigenvalue weighted by Crippen LogP contribution is 2.48. The van der Waals surface area contributed by atoms with E-state index >= 15 is 0 Å². The van der Waals surface area contributed by atoms with Gasteiger partial charge >= 0.3 is 0 Å². The molecule has 3 atom stereocenters. The van der Waals surface area contributed by atoms with Gasteiger partial charge in [-0.25, -0.2) is 0 Å². The van der Waals surface area contributed by atoms with E-state index in [0.29, 0.717) is 0 Å². The van der Waals surface area contributed by atoms with Crippen LogP contribution in [0, 0.1) is 17.8 Å². The van der Waals surface area contributed by atoms with Gasteiger partial charge in [-0.15, -0.1) is 0 Å². The lowest BCUT2D eigenvalue weighted by atomic mass is 9.89. The highest BCUT2D eigenvalue weighted by Gasteiger charge is 2.39. The number of hydrogen-bond acceptors (Lipinski definition) is 2. The smallest absolute Gasteiger partial charge is 0.127 e. The maximum Gasteiger partial charge on any atom is 0.127 e. The Morgan fingerprint density at radius 1 is 1.26 bits per heavy atom. The molecule has 0 saturated heterocycles. The first kappa shape index (κ1) is 13.3. The summed E-state index contributed by atoms with van der Waals surface area (Å²) in [7, 11) is 1.70. The van der Waals surface area contributed by atoms with E-state index < -0.39 is 0 Å². The highest BCUT2D eigenvalue weighted by atomic mass is 79.9. The van der Waals surface area contributed by atoms with Crippen molar-refractivity contribution < 1.29 is 9.47 Å². The molecule has 104 valence electrons. The fourth-order valence-electron chi connectivity index (χ4n) is 3.68. The molecule has 2 aliphatic carbocycles. The summed E-state index contributed by atoms with van der Waals surface area (Å²) >= 11 is 3.52. The second-order valence-electron chi connectivity index (χ2n) is 5.85. The van der Waals surface area contributed by atoms with E-state index in [9.17, 15) is 0 Å². The average molecular weight is 325 g/mol. The number of benzene rings is 1. The normalized spacial score (nSPS) is 28.6. The quantitative estimate of drug-likeness (QED) is 0.747. The van der Waals surface area contributed by atoms with Gasteiger partial charge in [0.15, 0.2) is 0 Å². The van der Waals surface area contributed by atoms with Crippen LogP contribution in [0.1, 0.15) is 31.2 Å². The summed E-state index contributed by atoms with van der Waals surface area (Å²) in [6.45, 7) is 0.869. The number of alkyl halides is 1. The van der Waals surface area contributed by atoms with Gasteiger partial charge in [0.05, 0.1) is 13.7 Å². The summed E-state index contributed by atoms with van der Waals surface area (Å²) in [5.74, 6) is 4.52. The molecule has 0 spiro atoms. The molecule has 0 heterocycles. The van der Waals surface area contributed by atoms with Crippen LogP contribution in [0.5, 0.6) is 11.5 Å². The summed E-state index contributed by atoms with van der Waals surface area (Å²) in [6, 6.07) is 6.06. The topological polar surface area (TPSA) is 18.5 Å². The molecule has 3 unspecified atom stereocenters. The number of methoxy groups -OCH3 is 1. The Morgan fingerprint density at radius 3 is 2.79 bits per heavy atom. The Hall–Kier alpha value is -0.700. The van der Waals surface area contributed by atoms with Crippen molar-refractivity contribution >= 4 is 15.9 Å². The molecule has 0 amide bonds.